The molecular weight excluding hydrogens is 276 g/mol. The van der Waals surface area contributed by atoms with E-state index in [2.05, 4.69) is 20.5 Å². The quantitative estimate of drug-likeness (QED) is 0.573. The maximum absolute atomic E-state index is 11.1. The molecular formula is C17H16N4O. The van der Waals surface area contributed by atoms with E-state index in [0.29, 0.717) is 6.42 Å². The van der Waals surface area contributed by atoms with E-state index in [4.69, 9.17) is 0 Å². The van der Waals surface area contributed by atoms with Gasteiger partial charge >= 0.3 is 0 Å². The molecule has 110 valence electrons. The van der Waals surface area contributed by atoms with Crippen molar-refractivity contribution in [1.82, 2.24) is 15.4 Å². The minimum atomic E-state index is -0.196. The number of rotatable bonds is 4. The number of H-pyrrole nitrogens is 1. The van der Waals surface area contributed by atoms with Gasteiger partial charge in [-0.3, -0.25) is 4.79 Å². The summed E-state index contributed by atoms with van der Waals surface area (Å²) < 4.78 is 0. The van der Waals surface area contributed by atoms with Crippen LogP contribution in [0.25, 0.3) is 11.0 Å². The molecule has 1 heterocycles. The van der Waals surface area contributed by atoms with Crippen LogP contribution in [0.15, 0.2) is 59.7 Å². The normalized spacial score (nSPS) is 11.6. The minimum Gasteiger partial charge on any atom is -0.342 e. The lowest BCUT2D eigenvalue weighted by atomic mass is 10.1. The number of para-hydroxylation sites is 2. The van der Waals surface area contributed by atoms with Crippen molar-refractivity contribution in [1.29, 1.82) is 0 Å². The van der Waals surface area contributed by atoms with E-state index >= 15 is 0 Å². The van der Waals surface area contributed by atoms with Gasteiger partial charge in [0.15, 0.2) is 0 Å². The Kier molecular flexibility index (Phi) is 3.96. The van der Waals surface area contributed by atoms with Crippen LogP contribution >= 0.6 is 0 Å². The van der Waals surface area contributed by atoms with Crippen LogP contribution in [-0.2, 0) is 11.2 Å². The van der Waals surface area contributed by atoms with Crippen molar-refractivity contribution in [2.24, 2.45) is 5.10 Å². The lowest BCUT2D eigenvalue weighted by Gasteiger charge is -2.05. The van der Waals surface area contributed by atoms with E-state index in [1.54, 1.807) is 0 Å². The number of benzene rings is 2. The number of hydrogen-bond acceptors (Lipinski definition) is 3. The van der Waals surface area contributed by atoms with Crippen LogP contribution < -0.4 is 5.43 Å². The molecule has 0 bridgehead atoms. The van der Waals surface area contributed by atoms with Crippen molar-refractivity contribution in [3.63, 3.8) is 0 Å². The molecule has 0 aliphatic carbocycles. The van der Waals surface area contributed by atoms with Crippen LogP contribution in [0.4, 0.5) is 0 Å². The minimum absolute atomic E-state index is 0.196. The van der Waals surface area contributed by atoms with Crippen LogP contribution in [0.2, 0.25) is 0 Å². The van der Waals surface area contributed by atoms with E-state index in [0.717, 1.165) is 28.1 Å². The number of carbonyl (C=O) groups is 1. The van der Waals surface area contributed by atoms with Crippen LogP contribution in [0, 0.1) is 0 Å². The highest BCUT2D eigenvalue weighted by Crippen LogP contribution is 2.12. The molecule has 0 aliphatic rings. The van der Waals surface area contributed by atoms with Gasteiger partial charge in [0.05, 0.1) is 23.2 Å². The molecule has 0 saturated heterocycles. The van der Waals surface area contributed by atoms with Crippen molar-refractivity contribution >= 4 is 22.7 Å². The molecule has 22 heavy (non-hydrogen) atoms. The summed E-state index contributed by atoms with van der Waals surface area (Å²) in [5, 5.41) is 4.22. The predicted octanol–water partition coefficient (Wildman–Crippen LogP) is 2.65. The first-order chi connectivity index (χ1) is 10.7. The van der Waals surface area contributed by atoms with Crippen molar-refractivity contribution in [3.8, 4) is 0 Å². The van der Waals surface area contributed by atoms with E-state index in [9.17, 15) is 4.79 Å². The lowest BCUT2D eigenvalue weighted by Crippen LogP contribution is -2.18. The number of imidazole rings is 1. The highest BCUT2D eigenvalue weighted by Gasteiger charge is 2.09. The molecule has 0 fully saturated rings. The second kappa shape index (κ2) is 6.22. The first kappa shape index (κ1) is 14.0. The summed E-state index contributed by atoms with van der Waals surface area (Å²) in [6, 6.07) is 17.6. The van der Waals surface area contributed by atoms with Crippen LogP contribution in [0.5, 0.6) is 0 Å². The number of hydrogen-bond donors (Lipinski definition) is 2. The second-order valence-corrected chi connectivity index (χ2v) is 4.97. The summed E-state index contributed by atoms with van der Waals surface area (Å²) in [5.41, 5.74) is 6.13. The molecule has 1 amide bonds. The number of carbonyl (C=O) groups excluding carboxylic acids is 1. The van der Waals surface area contributed by atoms with E-state index in [1.165, 1.54) is 6.92 Å². The van der Waals surface area contributed by atoms with Gasteiger partial charge in [-0.05, 0) is 17.7 Å². The molecule has 2 aromatic carbocycles. The Morgan fingerprint density at radius 3 is 2.59 bits per heavy atom. The van der Waals surface area contributed by atoms with Gasteiger partial charge in [-0.2, -0.15) is 5.10 Å². The molecule has 3 rings (SSSR count). The van der Waals surface area contributed by atoms with E-state index in [-0.39, 0.29) is 5.91 Å². The zero-order valence-electron chi connectivity index (χ0n) is 12.2. The molecule has 3 aromatic rings. The van der Waals surface area contributed by atoms with Gasteiger partial charge in [0, 0.05) is 6.92 Å². The molecule has 2 N–H and O–H groups in total. The number of aromatic amines is 1. The largest absolute Gasteiger partial charge is 0.342 e. The fourth-order valence-corrected chi connectivity index (χ4v) is 2.23. The Bertz CT molecular complexity index is 788. The van der Waals surface area contributed by atoms with Crippen molar-refractivity contribution < 1.29 is 4.79 Å². The summed E-state index contributed by atoms with van der Waals surface area (Å²) >= 11 is 0. The molecule has 5 heteroatoms. The molecule has 0 spiro atoms. The smallest absolute Gasteiger partial charge is 0.236 e. The molecule has 1 aromatic heterocycles. The van der Waals surface area contributed by atoms with Gasteiger partial charge in [-0.1, -0.05) is 42.5 Å². The third-order valence-electron chi connectivity index (χ3n) is 3.23. The first-order valence-electron chi connectivity index (χ1n) is 7.04. The van der Waals surface area contributed by atoms with Gasteiger partial charge in [-0.15, -0.1) is 0 Å². The summed E-state index contributed by atoms with van der Waals surface area (Å²) in [7, 11) is 0. The highest BCUT2D eigenvalue weighted by atomic mass is 16.2. The van der Waals surface area contributed by atoms with Crippen LogP contribution in [0.3, 0.4) is 0 Å². The summed E-state index contributed by atoms with van der Waals surface area (Å²) in [4.78, 5) is 19.0. The number of hydrazone groups is 1. The Morgan fingerprint density at radius 2 is 1.86 bits per heavy atom. The summed E-state index contributed by atoms with van der Waals surface area (Å²) in [5.74, 6) is 0.618. The number of nitrogens with zero attached hydrogens (tertiary/aromatic N) is 2. The Morgan fingerprint density at radius 1 is 1.14 bits per heavy atom. The Balaban J connectivity index is 1.92. The maximum Gasteiger partial charge on any atom is 0.236 e. The molecule has 0 unspecified atom stereocenters. The van der Waals surface area contributed by atoms with Gasteiger partial charge in [0.25, 0.3) is 0 Å². The molecule has 0 saturated carbocycles. The Labute approximate surface area is 128 Å². The Hall–Kier alpha value is -2.95. The fourth-order valence-electron chi connectivity index (χ4n) is 2.23. The van der Waals surface area contributed by atoms with Crippen LogP contribution in [0.1, 0.15) is 18.3 Å². The number of aromatic nitrogens is 2. The number of nitrogens with one attached hydrogen (secondary N) is 2. The number of fused-ring (bicyclic) bond motifs is 1. The molecule has 0 atom stereocenters. The third kappa shape index (κ3) is 3.20. The zero-order valence-corrected chi connectivity index (χ0v) is 12.2. The predicted molar refractivity (Wildman–Crippen MR) is 86.6 cm³/mol. The highest BCUT2D eigenvalue weighted by molar-refractivity contribution is 6.02. The summed E-state index contributed by atoms with van der Waals surface area (Å²) in [6.45, 7) is 1.44. The first-order valence-corrected chi connectivity index (χ1v) is 7.04. The third-order valence-corrected chi connectivity index (χ3v) is 3.23. The second-order valence-electron chi connectivity index (χ2n) is 4.97. The number of amides is 1. The average molecular weight is 292 g/mol. The molecule has 0 aliphatic heterocycles. The fraction of sp³-hybridized carbons (Fsp3) is 0.118. The van der Waals surface area contributed by atoms with Gasteiger partial charge in [-0.25, -0.2) is 10.4 Å². The maximum atomic E-state index is 11.1. The standard InChI is InChI=1S/C17H16N4O/c1-12(22)20-21-16(13-7-3-2-4-8-13)11-17-18-14-9-5-6-10-15(14)19-17/h2-10H,11H2,1H3,(H,18,19)(H,20,22). The molecule has 5 nitrogen and oxygen atoms in total. The average Bonchev–Trinajstić information content (AvgIpc) is 2.94. The van der Waals surface area contributed by atoms with Crippen LogP contribution in [-0.4, -0.2) is 21.6 Å². The van der Waals surface area contributed by atoms with Gasteiger partial charge < -0.3 is 4.98 Å². The van der Waals surface area contributed by atoms with Crippen molar-refractivity contribution in [2.75, 3.05) is 0 Å². The monoisotopic (exact) mass is 292 g/mol. The topological polar surface area (TPSA) is 70.1 Å². The lowest BCUT2D eigenvalue weighted by molar-refractivity contribution is -0.118. The van der Waals surface area contributed by atoms with E-state index < -0.39 is 0 Å². The van der Waals surface area contributed by atoms with Crippen molar-refractivity contribution in [3.05, 3.63) is 66.0 Å². The van der Waals surface area contributed by atoms with E-state index in [1.807, 2.05) is 54.6 Å². The summed E-state index contributed by atoms with van der Waals surface area (Å²) in [6.07, 6.45) is 0.513. The SMILES string of the molecule is CC(=O)NN=C(Cc1nc2ccccc2[nH]1)c1ccccc1. The zero-order chi connectivity index (χ0) is 15.4. The van der Waals surface area contributed by atoms with Gasteiger partial charge in [0.2, 0.25) is 5.91 Å². The van der Waals surface area contributed by atoms with Crippen molar-refractivity contribution in [2.45, 2.75) is 13.3 Å². The van der Waals surface area contributed by atoms with Gasteiger partial charge in [0.1, 0.15) is 5.82 Å². The molecule has 0 radical (unpaired) electrons.